The molecule has 0 bridgehead atoms. The standard InChI is InChI=1S/C8H8N6S/c1-9-14-8(15)12-6-3-2-5-4-10-13-7(5)11-6/h2-4H,1H2,(H3,10,11,12,13,14,15). The van der Waals surface area contributed by atoms with Crippen LogP contribution in [-0.4, -0.2) is 27.0 Å². The predicted molar refractivity (Wildman–Crippen MR) is 62.8 cm³/mol. The zero-order valence-electron chi connectivity index (χ0n) is 7.69. The number of pyridine rings is 1. The lowest BCUT2D eigenvalue weighted by atomic mass is 10.3. The van der Waals surface area contributed by atoms with Crippen molar-refractivity contribution in [3.63, 3.8) is 0 Å². The van der Waals surface area contributed by atoms with Gasteiger partial charge in [0.05, 0.1) is 0 Å². The number of nitrogens with zero attached hydrogens (tertiary/aromatic N) is 3. The molecule has 2 heterocycles. The Labute approximate surface area is 90.8 Å². The second-order valence-corrected chi connectivity index (χ2v) is 3.13. The number of hydrazone groups is 1. The van der Waals surface area contributed by atoms with Gasteiger partial charge in [0.1, 0.15) is 5.82 Å². The van der Waals surface area contributed by atoms with Crippen LogP contribution in [0, 0.1) is 0 Å². The van der Waals surface area contributed by atoms with Crippen molar-refractivity contribution in [1.29, 1.82) is 0 Å². The maximum Gasteiger partial charge on any atom is 0.192 e. The van der Waals surface area contributed by atoms with Crippen LogP contribution in [-0.2, 0) is 0 Å². The molecule has 2 aromatic heterocycles. The van der Waals surface area contributed by atoms with Crippen LogP contribution < -0.4 is 10.7 Å². The van der Waals surface area contributed by atoms with E-state index in [0.29, 0.717) is 16.6 Å². The molecule has 0 aliphatic heterocycles. The fraction of sp³-hybridized carbons (Fsp3) is 0. The molecule has 0 aliphatic carbocycles. The number of thiocarbonyl (C=S) groups is 1. The molecule has 0 spiro atoms. The average Bonchev–Trinajstić information content (AvgIpc) is 2.65. The first-order chi connectivity index (χ1) is 7.29. The molecule has 0 saturated carbocycles. The van der Waals surface area contributed by atoms with Gasteiger partial charge in [-0.05, 0) is 24.4 Å². The molecule has 7 heteroatoms. The van der Waals surface area contributed by atoms with Gasteiger partial charge in [0.25, 0.3) is 0 Å². The van der Waals surface area contributed by atoms with Crippen molar-refractivity contribution in [2.75, 3.05) is 5.32 Å². The summed E-state index contributed by atoms with van der Waals surface area (Å²) in [5.74, 6) is 0.607. The Morgan fingerprint density at radius 1 is 1.53 bits per heavy atom. The van der Waals surface area contributed by atoms with Gasteiger partial charge < -0.3 is 5.32 Å². The molecule has 0 amide bonds. The molecule has 0 unspecified atom stereocenters. The number of nitrogens with one attached hydrogen (secondary N) is 3. The molecule has 2 rings (SSSR count). The summed E-state index contributed by atoms with van der Waals surface area (Å²) in [6.45, 7) is 3.26. The zero-order chi connectivity index (χ0) is 10.7. The summed E-state index contributed by atoms with van der Waals surface area (Å²) < 4.78 is 0. The van der Waals surface area contributed by atoms with E-state index in [1.807, 2.05) is 6.07 Å². The average molecular weight is 220 g/mol. The summed E-state index contributed by atoms with van der Waals surface area (Å²) in [4.78, 5) is 4.21. The van der Waals surface area contributed by atoms with Crippen LogP contribution in [0.25, 0.3) is 11.0 Å². The molecule has 0 saturated heterocycles. The van der Waals surface area contributed by atoms with Gasteiger partial charge in [0, 0.05) is 18.3 Å². The van der Waals surface area contributed by atoms with Crippen LogP contribution in [0.3, 0.4) is 0 Å². The second-order valence-electron chi connectivity index (χ2n) is 2.72. The molecular weight excluding hydrogens is 212 g/mol. The summed E-state index contributed by atoms with van der Waals surface area (Å²) in [5, 5.41) is 14.2. The van der Waals surface area contributed by atoms with Gasteiger partial charge in [-0.1, -0.05) is 0 Å². The van der Waals surface area contributed by atoms with Crippen LogP contribution in [0.1, 0.15) is 0 Å². The van der Waals surface area contributed by atoms with E-state index in [0.717, 1.165) is 5.39 Å². The number of rotatable bonds is 2. The van der Waals surface area contributed by atoms with Crippen molar-refractivity contribution in [2.24, 2.45) is 5.10 Å². The predicted octanol–water partition coefficient (Wildman–Crippen LogP) is 0.860. The van der Waals surface area contributed by atoms with Crippen molar-refractivity contribution in [2.45, 2.75) is 0 Å². The van der Waals surface area contributed by atoms with Gasteiger partial charge in [-0.3, -0.25) is 10.5 Å². The molecule has 0 aromatic carbocycles. The quantitative estimate of drug-likeness (QED) is 0.397. The number of H-pyrrole nitrogens is 1. The van der Waals surface area contributed by atoms with Gasteiger partial charge in [-0.25, -0.2) is 4.98 Å². The summed E-state index contributed by atoms with van der Waals surface area (Å²) in [6, 6.07) is 3.69. The lowest BCUT2D eigenvalue weighted by molar-refractivity contribution is 1.05. The third-order valence-corrected chi connectivity index (χ3v) is 1.91. The van der Waals surface area contributed by atoms with Crippen LogP contribution in [0.4, 0.5) is 5.82 Å². The van der Waals surface area contributed by atoms with Crippen LogP contribution in [0.15, 0.2) is 23.4 Å². The van der Waals surface area contributed by atoms with E-state index in [9.17, 15) is 0 Å². The molecule has 15 heavy (non-hydrogen) atoms. The smallest absolute Gasteiger partial charge is 0.192 e. The van der Waals surface area contributed by atoms with Crippen molar-refractivity contribution >= 4 is 40.9 Å². The Kier molecular flexibility index (Phi) is 2.55. The van der Waals surface area contributed by atoms with E-state index in [1.54, 1.807) is 12.3 Å². The van der Waals surface area contributed by atoms with E-state index < -0.39 is 0 Å². The minimum atomic E-state index is 0.340. The van der Waals surface area contributed by atoms with Gasteiger partial charge >= 0.3 is 0 Å². The highest BCUT2D eigenvalue weighted by Crippen LogP contribution is 2.11. The molecule has 2 aromatic rings. The normalized spacial score (nSPS) is 9.87. The Bertz CT molecular complexity index is 505. The SMILES string of the molecule is C=NNC(=S)Nc1ccc2c[nH]nc2n1. The van der Waals surface area contributed by atoms with Crippen molar-refractivity contribution in [3.8, 4) is 0 Å². The third-order valence-electron chi connectivity index (χ3n) is 1.72. The summed E-state index contributed by atoms with van der Waals surface area (Å²) in [7, 11) is 0. The van der Waals surface area contributed by atoms with Gasteiger partial charge in [0.2, 0.25) is 0 Å². The fourth-order valence-corrected chi connectivity index (χ4v) is 1.28. The molecule has 0 atom stereocenters. The number of aromatic amines is 1. The first kappa shape index (κ1) is 9.53. The molecule has 6 nitrogen and oxygen atoms in total. The summed E-state index contributed by atoms with van der Waals surface area (Å²) in [5.41, 5.74) is 3.14. The third kappa shape index (κ3) is 2.08. The zero-order valence-corrected chi connectivity index (χ0v) is 8.51. The topological polar surface area (TPSA) is 78.0 Å². The highest BCUT2D eigenvalue weighted by Gasteiger charge is 2.01. The van der Waals surface area contributed by atoms with Crippen LogP contribution in [0.5, 0.6) is 0 Å². The molecule has 76 valence electrons. The summed E-state index contributed by atoms with van der Waals surface area (Å²) in [6.07, 6.45) is 1.77. The first-order valence-electron chi connectivity index (χ1n) is 4.13. The van der Waals surface area contributed by atoms with E-state index in [2.05, 4.69) is 37.7 Å². The molecule has 0 fully saturated rings. The first-order valence-corrected chi connectivity index (χ1v) is 4.53. The van der Waals surface area contributed by atoms with Gasteiger partial charge in [-0.2, -0.15) is 10.2 Å². The number of anilines is 1. The molecular formula is C8H8N6S. The minimum absolute atomic E-state index is 0.340. The second kappa shape index (κ2) is 4.01. The largest absolute Gasteiger partial charge is 0.316 e. The molecule has 0 radical (unpaired) electrons. The van der Waals surface area contributed by atoms with Crippen LogP contribution >= 0.6 is 12.2 Å². The van der Waals surface area contributed by atoms with Crippen LogP contribution in [0.2, 0.25) is 0 Å². The Morgan fingerprint density at radius 2 is 2.40 bits per heavy atom. The van der Waals surface area contributed by atoms with Crippen molar-refractivity contribution in [3.05, 3.63) is 18.3 Å². The van der Waals surface area contributed by atoms with Gasteiger partial charge in [0.15, 0.2) is 10.8 Å². The fourth-order valence-electron chi connectivity index (χ4n) is 1.11. The maximum atomic E-state index is 4.91. The molecule has 3 N–H and O–H groups in total. The monoisotopic (exact) mass is 220 g/mol. The molecule has 0 aliphatic rings. The number of hydrogen-bond acceptors (Lipinski definition) is 4. The lowest BCUT2D eigenvalue weighted by Crippen LogP contribution is -2.23. The van der Waals surface area contributed by atoms with Crippen molar-refractivity contribution in [1.82, 2.24) is 20.6 Å². The highest BCUT2D eigenvalue weighted by molar-refractivity contribution is 7.80. The Morgan fingerprint density at radius 3 is 3.20 bits per heavy atom. The Balaban J connectivity index is 2.21. The van der Waals surface area contributed by atoms with Gasteiger partial charge in [-0.15, -0.1) is 0 Å². The highest BCUT2D eigenvalue weighted by atomic mass is 32.1. The van der Waals surface area contributed by atoms with E-state index in [-0.39, 0.29) is 0 Å². The Hall–Kier alpha value is -2.02. The number of aromatic nitrogens is 3. The van der Waals surface area contributed by atoms with Crippen molar-refractivity contribution < 1.29 is 0 Å². The number of hydrogen-bond donors (Lipinski definition) is 3. The van der Waals surface area contributed by atoms with E-state index in [4.69, 9.17) is 12.2 Å². The maximum absolute atomic E-state index is 4.91. The van der Waals surface area contributed by atoms with E-state index >= 15 is 0 Å². The lowest BCUT2D eigenvalue weighted by Gasteiger charge is -2.04. The van der Waals surface area contributed by atoms with E-state index in [1.165, 1.54) is 0 Å². The minimum Gasteiger partial charge on any atom is -0.316 e. The number of fused-ring (bicyclic) bond motifs is 1. The summed E-state index contributed by atoms with van der Waals surface area (Å²) >= 11 is 4.91.